The smallest absolute Gasteiger partial charge is 0.303 e. The largest absolute Gasteiger partial charge is 0.481 e. The van der Waals surface area contributed by atoms with Crippen molar-refractivity contribution in [3.8, 4) is 0 Å². The highest BCUT2D eigenvalue weighted by Crippen LogP contribution is 1.97. The number of aromatic nitrogens is 2. The first-order valence-electron chi connectivity index (χ1n) is 5.67. The van der Waals surface area contributed by atoms with E-state index in [4.69, 9.17) is 5.11 Å². The van der Waals surface area contributed by atoms with Gasteiger partial charge in [-0.15, -0.1) is 0 Å². The molecule has 1 rings (SSSR count). The number of nitrogens with one attached hydrogen (secondary N) is 2. The van der Waals surface area contributed by atoms with Crippen LogP contribution in [-0.4, -0.2) is 41.8 Å². The molecule has 7 nitrogen and oxygen atoms in total. The molecule has 0 saturated carbocycles. The third-order valence-corrected chi connectivity index (χ3v) is 3.74. The van der Waals surface area contributed by atoms with E-state index in [0.717, 1.165) is 5.82 Å². The highest BCUT2D eigenvalue weighted by molar-refractivity contribution is 7.89. The maximum atomic E-state index is 11.4. The number of hydrogen-bond donors (Lipinski definition) is 3. The van der Waals surface area contributed by atoms with Gasteiger partial charge < -0.3 is 10.1 Å². The number of H-pyrrole nitrogens is 1. The molecule has 102 valence electrons. The van der Waals surface area contributed by atoms with Crippen molar-refractivity contribution >= 4 is 16.0 Å². The van der Waals surface area contributed by atoms with E-state index >= 15 is 0 Å². The van der Waals surface area contributed by atoms with Crippen LogP contribution in [0.1, 0.15) is 25.1 Å². The molecule has 0 fully saturated rings. The number of aromatic amines is 1. The Morgan fingerprint density at radius 1 is 1.44 bits per heavy atom. The van der Waals surface area contributed by atoms with Crippen molar-refractivity contribution in [1.29, 1.82) is 0 Å². The van der Waals surface area contributed by atoms with Crippen molar-refractivity contribution in [2.24, 2.45) is 0 Å². The monoisotopic (exact) mass is 275 g/mol. The van der Waals surface area contributed by atoms with Gasteiger partial charge in [0.1, 0.15) is 5.82 Å². The van der Waals surface area contributed by atoms with E-state index in [-0.39, 0.29) is 18.6 Å². The average Bonchev–Trinajstić information content (AvgIpc) is 2.76. The highest BCUT2D eigenvalue weighted by atomic mass is 32.2. The second-order valence-electron chi connectivity index (χ2n) is 3.85. The molecule has 3 N–H and O–H groups in total. The Hall–Kier alpha value is -1.41. The molecule has 0 aliphatic heterocycles. The third kappa shape index (κ3) is 6.36. The zero-order valence-corrected chi connectivity index (χ0v) is 10.7. The van der Waals surface area contributed by atoms with E-state index in [9.17, 15) is 13.2 Å². The van der Waals surface area contributed by atoms with Gasteiger partial charge in [0.25, 0.3) is 0 Å². The van der Waals surface area contributed by atoms with Crippen LogP contribution in [0, 0.1) is 0 Å². The molecular weight excluding hydrogens is 258 g/mol. The molecule has 1 aromatic rings. The lowest BCUT2D eigenvalue weighted by Gasteiger charge is -2.05. The molecule has 0 saturated heterocycles. The average molecular weight is 275 g/mol. The Kier molecular flexibility index (Phi) is 5.79. The van der Waals surface area contributed by atoms with Gasteiger partial charge >= 0.3 is 5.97 Å². The quantitative estimate of drug-likeness (QED) is 0.554. The molecular formula is C10H17N3O4S. The Bertz CT molecular complexity index is 455. The lowest BCUT2D eigenvalue weighted by Crippen LogP contribution is -2.28. The van der Waals surface area contributed by atoms with Gasteiger partial charge in [-0.25, -0.2) is 18.1 Å². The summed E-state index contributed by atoms with van der Waals surface area (Å²) in [5, 5.41) is 8.40. The number of sulfonamides is 1. The first-order chi connectivity index (χ1) is 8.49. The standard InChI is InChI=1S/C10H17N3O4S/c14-10(15)4-2-8-18(16,17)13-5-1-3-9-11-6-7-12-9/h6-7,13H,1-5,8H2,(H,11,12)(H,14,15). The van der Waals surface area contributed by atoms with Crippen LogP contribution in [0.3, 0.4) is 0 Å². The molecule has 0 aliphatic carbocycles. The Labute approximate surface area is 106 Å². The minimum absolute atomic E-state index is 0.128. The van der Waals surface area contributed by atoms with Gasteiger partial charge in [0, 0.05) is 31.8 Å². The zero-order chi connectivity index (χ0) is 13.4. The molecule has 1 heterocycles. The number of carbonyl (C=O) groups is 1. The molecule has 0 aromatic carbocycles. The van der Waals surface area contributed by atoms with Crippen LogP contribution in [0.5, 0.6) is 0 Å². The lowest BCUT2D eigenvalue weighted by molar-refractivity contribution is -0.137. The van der Waals surface area contributed by atoms with E-state index in [0.29, 0.717) is 19.4 Å². The fourth-order valence-electron chi connectivity index (χ4n) is 1.40. The molecule has 0 unspecified atom stereocenters. The van der Waals surface area contributed by atoms with Crippen LogP contribution >= 0.6 is 0 Å². The van der Waals surface area contributed by atoms with Gasteiger partial charge in [0.2, 0.25) is 10.0 Å². The molecule has 0 radical (unpaired) electrons. The summed E-state index contributed by atoms with van der Waals surface area (Å²) in [6.45, 7) is 0.329. The van der Waals surface area contributed by atoms with Crippen LogP contribution in [0.25, 0.3) is 0 Å². The molecule has 0 aliphatic rings. The van der Waals surface area contributed by atoms with Crippen LogP contribution in [0.15, 0.2) is 12.4 Å². The minimum Gasteiger partial charge on any atom is -0.481 e. The number of nitrogens with zero attached hydrogens (tertiary/aromatic N) is 1. The minimum atomic E-state index is -3.36. The molecule has 0 atom stereocenters. The molecule has 0 bridgehead atoms. The van der Waals surface area contributed by atoms with Gasteiger partial charge in [-0.1, -0.05) is 0 Å². The third-order valence-electron chi connectivity index (χ3n) is 2.27. The van der Waals surface area contributed by atoms with E-state index in [1.165, 1.54) is 0 Å². The second kappa shape index (κ2) is 7.12. The Morgan fingerprint density at radius 3 is 2.83 bits per heavy atom. The molecule has 8 heteroatoms. The second-order valence-corrected chi connectivity index (χ2v) is 5.78. The summed E-state index contributed by atoms with van der Waals surface area (Å²) in [5.41, 5.74) is 0. The van der Waals surface area contributed by atoms with Gasteiger partial charge in [0.05, 0.1) is 5.75 Å². The van der Waals surface area contributed by atoms with Crippen LogP contribution in [-0.2, 0) is 21.2 Å². The predicted molar refractivity (Wildman–Crippen MR) is 65.6 cm³/mol. The van der Waals surface area contributed by atoms with E-state index in [2.05, 4.69) is 14.7 Å². The first kappa shape index (κ1) is 14.7. The van der Waals surface area contributed by atoms with Gasteiger partial charge in [-0.2, -0.15) is 0 Å². The number of rotatable bonds is 9. The maximum Gasteiger partial charge on any atom is 0.303 e. The molecule has 1 aromatic heterocycles. The molecule has 18 heavy (non-hydrogen) atoms. The van der Waals surface area contributed by atoms with Gasteiger partial charge in [-0.3, -0.25) is 4.79 Å². The topological polar surface area (TPSA) is 112 Å². The highest BCUT2D eigenvalue weighted by Gasteiger charge is 2.10. The fraction of sp³-hybridized carbons (Fsp3) is 0.600. The number of hydrogen-bond acceptors (Lipinski definition) is 4. The van der Waals surface area contributed by atoms with E-state index in [1.807, 2.05) is 0 Å². The van der Waals surface area contributed by atoms with Crippen molar-refractivity contribution < 1.29 is 18.3 Å². The van der Waals surface area contributed by atoms with Crippen molar-refractivity contribution in [3.05, 3.63) is 18.2 Å². The van der Waals surface area contributed by atoms with E-state index < -0.39 is 16.0 Å². The maximum absolute atomic E-state index is 11.4. The number of carboxylic acid groups (broad SMARTS) is 1. The molecule has 0 spiro atoms. The number of aliphatic carboxylic acids is 1. The number of imidazole rings is 1. The zero-order valence-electron chi connectivity index (χ0n) is 9.92. The summed E-state index contributed by atoms with van der Waals surface area (Å²) in [6.07, 6.45) is 4.67. The molecule has 0 amide bonds. The van der Waals surface area contributed by atoms with Crippen molar-refractivity contribution in [2.45, 2.75) is 25.7 Å². The SMILES string of the molecule is O=C(O)CCCS(=O)(=O)NCCCc1ncc[nH]1. The van der Waals surface area contributed by atoms with Crippen LogP contribution in [0.4, 0.5) is 0 Å². The first-order valence-corrected chi connectivity index (χ1v) is 7.32. The van der Waals surface area contributed by atoms with Crippen molar-refractivity contribution in [3.63, 3.8) is 0 Å². The van der Waals surface area contributed by atoms with Crippen molar-refractivity contribution in [1.82, 2.24) is 14.7 Å². The van der Waals surface area contributed by atoms with Gasteiger partial charge in [0.15, 0.2) is 0 Å². The summed E-state index contributed by atoms with van der Waals surface area (Å²) in [5.74, 6) is -0.317. The van der Waals surface area contributed by atoms with Crippen LogP contribution < -0.4 is 4.72 Å². The van der Waals surface area contributed by atoms with Crippen LogP contribution in [0.2, 0.25) is 0 Å². The normalized spacial score (nSPS) is 11.6. The van der Waals surface area contributed by atoms with E-state index in [1.54, 1.807) is 12.4 Å². The predicted octanol–water partition coefficient (Wildman–Crippen LogP) is 0.127. The lowest BCUT2D eigenvalue weighted by atomic mass is 10.3. The number of aryl methyl sites for hydroxylation is 1. The van der Waals surface area contributed by atoms with Gasteiger partial charge in [-0.05, 0) is 12.8 Å². The summed E-state index contributed by atoms with van der Waals surface area (Å²) in [4.78, 5) is 17.2. The summed E-state index contributed by atoms with van der Waals surface area (Å²) in [7, 11) is -3.36. The number of carboxylic acids is 1. The Balaban J connectivity index is 2.15. The summed E-state index contributed by atoms with van der Waals surface area (Å²) in [6, 6.07) is 0. The Morgan fingerprint density at radius 2 is 2.22 bits per heavy atom. The summed E-state index contributed by atoms with van der Waals surface area (Å²) < 4.78 is 25.3. The summed E-state index contributed by atoms with van der Waals surface area (Å²) >= 11 is 0. The fourth-order valence-corrected chi connectivity index (χ4v) is 2.53. The van der Waals surface area contributed by atoms with Crippen molar-refractivity contribution in [2.75, 3.05) is 12.3 Å².